The standard InChI is InChI=1S/C21H25F7O4/c1-2-3-4-5-6-7-8-13-31-17(29)15-9-11-16(12-10-15)18(30)32-14-19(22,23)20(24,25)21(26,27)28/h9-12H,2-8,13-14H2,1H3. The third-order valence-corrected chi connectivity index (χ3v) is 4.54. The highest BCUT2D eigenvalue weighted by molar-refractivity contribution is 5.93. The van der Waals surface area contributed by atoms with Gasteiger partial charge in [0.05, 0.1) is 17.7 Å². The molecule has 0 heterocycles. The molecular formula is C21H25F7O4. The largest absolute Gasteiger partial charge is 0.462 e. The average molecular weight is 474 g/mol. The van der Waals surface area contributed by atoms with Crippen LogP contribution in [0.1, 0.15) is 72.6 Å². The number of unbranched alkanes of at least 4 members (excludes halogenated alkanes) is 6. The van der Waals surface area contributed by atoms with Crippen LogP contribution in [0.15, 0.2) is 24.3 Å². The summed E-state index contributed by atoms with van der Waals surface area (Å²) in [5, 5.41) is 0. The van der Waals surface area contributed by atoms with Gasteiger partial charge in [0.25, 0.3) is 0 Å². The molecule has 0 radical (unpaired) electrons. The van der Waals surface area contributed by atoms with Crippen molar-refractivity contribution < 1.29 is 49.8 Å². The van der Waals surface area contributed by atoms with E-state index in [-0.39, 0.29) is 12.2 Å². The number of hydrogen-bond acceptors (Lipinski definition) is 4. The lowest BCUT2D eigenvalue weighted by molar-refractivity contribution is -0.359. The van der Waals surface area contributed by atoms with Gasteiger partial charge in [0.2, 0.25) is 0 Å². The minimum Gasteiger partial charge on any atom is -0.462 e. The van der Waals surface area contributed by atoms with Gasteiger partial charge in [-0.2, -0.15) is 30.7 Å². The molecule has 0 spiro atoms. The molecule has 0 atom stereocenters. The normalized spacial score (nSPS) is 12.5. The van der Waals surface area contributed by atoms with E-state index in [1.54, 1.807) is 0 Å². The van der Waals surface area contributed by atoms with Crippen molar-refractivity contribution in [1.29, 1.82) is 0 Å². The number of rotatable bonds is 13. The topological polar surface area (TPSA) is 52.6 Å². The summed E-state index contributed by atoms with van der Waals surface area (Å²) in [5.41, 5.74) is -0.377. The first-order valence-electron chi connectivity index (χ1n) is 10.1. The second-order valence-corrected chi connectivity index (χ2v) is 7.19. The molecule has 4 nitrogen and oxygen atoms in total. The monoisotopic (exact) mass is 474 g/mol. The molecule has 0 saturated heterocycles. The second-order valence-electron chi connectivity index (χ2n) is 7.19. The predicted octanol–water partition coefficient (Wildman–Crippen LogP) is 6.58. The minimum atomic E-state index is -6.51. The molecule has 0 N–H and O–H groups in total. The summed E-state index contributed by atoms with van der Waals surface area (Å²) in [7, 11) is 0. The minimum absolute atomic E-state index is 0.0402. The molecule has 1 aromatic carbocycles. The maximum atomic E-state index is 13.2. The Kier molecular flexibility index (Phi) is 10.4. The number of halogens is 7. The van der Waals surface area contributed by atoms with E-state index in [2.05, 4.69) is 11.7 Å². The number of alkyl halides is 7. The van der Waals surface area contributed by atoms with E-state index in [0.717, 1.165) is 56.4 Å². The molecule has 32 heavy (non-hydrogen) atoms. The smallest absolute Gasteiger partial charge is 0.460 e. The molecular weight excluding hydrogens is 449 g/mol. The first-order chi connectivity index (χ1) is 14.8. The van der Waals surface area contributed by atoms with Crippen LogP contribution in [-0.4, -0.2) is 43.2 Å². The fourth-order valence-corrected chi connectivity index (χ4v) is 2.59. The van der Waals surface area contributed by atoms with Gasteiger partial charge < -0.3 is 9.47 Å². The molecule has 0 aliphatic heterocycles. The lowest BCUT2D eigenvalue weighted by atomic mass is 10.1. The van der Waals surface area contributed by atoms with Crippen LogP contribution in [0.3, 0.4) is 0 Å². The molecule has 1 rings (SSSR count). The number of carbonyl (C=O) groups is 2. The van der Waals surface area contributed by atoms with E-state index < -0.39 is 42.1 Å². The molecule has 0 aliphatic rings. The van der Waals surface area contributed by atoms with Crippen molar-refractivity contribution in [2.75, 3.05) is 13.2 Å². The van der Waals surface area contributed by atoms with Gasteiger partial charge in [-0.25, -0.2) is 9.59 Å². The Morgan fingerprint density at radius 1 is 0.719 bits per heavy atom. The Hall–Kier alpha value is -2.33. The quantitative estimate of drug-likeness (QED) is 0.184. The summed E-state index contributed by atoms with van der Waals surface area (Å²) in [5.74, 6) is -14.3. The van der Waals surface area contributed by atoms with Gasteiger partial charge in [-0.05, 0) is 30.7 Å². The number of benzene rings is 1. The van der Waals surface area contributed by atoms with E-state index in [4.69, 9.17) is 4.74 Å². The van der Waals surface area contributed by atoms with Crippen molar-refractivity contribution in [1.82, 2.24) is 0 Å². The van der Waals surface area contributed by atoms with Crippen molar-refractivity contribution in [3.8, 4) is 0 Å². The van der Waals surface area contributed by atoms with Crippen molar-refractivity contribution in [2.24, 2.45) is 0 Å². The Balaban J connectivity index is 2.49. The highest BCUT2D eigenvalue weighted by atomic mass is 19.4. The maximum absolute atomic E-state index is 13.2. The molecule has 0 unspecified atom stereocenters. The van der Waals surface area contributed by atoms with Crippen molar-refractivity contribution in [3.05, 3.63) is 35.4 Å². The first kappa shape index (κ1) is 27.7. The van der Waals surface area contributed by atoms with Gasteiger partial charge in [0, 0.05) is 0 Å². The number of ether oxygens (including phenoxy) is 2. The summed E-state index contributed by atoms with van der Waals surface area (Å²) < 4.78 is 97.2. The van der Waals surface area contributed by atoms with Crippen molar-refractivity contribution in [2.45, 2.75) is 69.9 Å². The number of carbonyl (C=O) groups excluding carboxylic acids is 2. The molecule has 0 bridgehead atoms. The predicted molar refractivity (Wildman–Crippen MR) is 101 cm³/mol. The molecule has 0 aromatic heterocycles. The van der Waals surface area contributed by atoms with Crippen LogP contribution in [0, 0.1) is 0 Å². The fourth-order valence-electron chi connectivity index (χ4n) is 2.59. The Morgan fingerprint density at radius 2 is 1.16 bits per heavy atom. The van der Waals surface area contributed by atoms with Crippen LogP contribution in [-0.2, 0) is 9.47 Å². The second kappa shape index (κ2) is 12.1. The van der Waals surface area contributed by atoms with Crippen molar-refractivity contribution in [3.63, 3.8) is 0 Å². The van der Waals surface area contributed by atoms with E-state index >= 15 is 0 Å². The molecule has 0 aliphatic carbocycles. The van der Waals surface area contributed by atoms with Crippen LogP contribution < -0.4 is 0 Å². The maximum Gasteiger partial charge on any atom is 0.460 e. The molecule has 11 heteroatoms. The summed E-state index contributed by atoms with van der Waals surface area (Å²) in [6.45, 7) is -0.160. The lowest BCUT2D eigenvalue weighted by Crippen LogP contribution is -2.54. The van der Waals surface area contributed by atoms with Gasteiger partial charge >= 0.3 is 30.0 Å². The van der Waals surface area contributed by atoms with Crippen LogP contribution in [0.25, 0.3) is 0 Å². The van der Waals surface area contributed by atoms with Crippen LogP contribution in [0.2, 0.25) is 0 Å². The van der Waals surface area contributed by atoms with Gasteiger partial charge in [0.1, 0.15) is 0 Å². The SMILES string of the molecule is CCCCCCCCCOC(=O)c1ccc(C(=O)OCC(F)(F)C(F)(F)C(F)(F)F)cc1. The fraction of sp³-hybridized carbons (Fsp3) is 0.619. The molecule has 0 saturated carbocycles. The highest BCUT2D eigenvalue weighted by Gasteiger charge is 2.73. The summed E-state index contributed by atoms with van der Waals surface area (Å²) in [4.78, 5) is 23.6. The lowest BCUT2D eigenvalue weighted by Gasteiger charge is -2.27. The van der Waals surface area contributed by atoms with Gasteiger partial charge in [-0.15, -0.1) is 0 Å². The summed E-state index contributed by atoms with van der Waals surface area (Å²) in [6.07, 6.45) is 0.698. The van der Waals surface area contributed by atoms with E-state index in [1.165, 1.54) is 6.42 Å². The van der Waals surface area contributed by atoms with Gasteiger partial charge in [-0.3, -0.25) is 0 Å². The zero-order chi connectivity index (χ0) is 24.4. The molecule has 0 amide bonds. The molecule has 0 fully saturated rings. The van der Waals surface area contributed by atoms with Crippen LogP contribution in [0.4, 0.5) is 30.7 Å². The summed E-state index contributed by atoms with van der Waals surface area (Å²) >= 11 is 0. The Bertz CT molecular complexity index is 731. The third kappa shape index (κ3) is 7.98. The van der Waals surface area contributed by atoms with Gasteiger partial charge in [-0.1, -0.05) is 45.4 Å². The third-order valence-electron chi connectivity index (χ3n) is 4.54. The first-order valence-corrected chi connectivity index (χ1v) is 10.1. The zero-order valence-electron chi connectivity index (χ0n) is 17.5. The van der Waals surface area contributed by atoms with E-state index in [1.807, 2.05) is 0 Å². The average Bonchev–Trinajstić information content (AvgIpc) is 2.73. The van der Waals surface area contributed by atoms with E-state index in [9.17, 15) is 40.3 Å². The van der Waals surface area contributed by atoms with Crippen LogP contribution >= 0.6 is 0 Å². The Morgan fingerprint density at radius 3 is 1.62 bits per heavy atom. The van der Waals surface area contributed by atoms with Gasteiger partial charge in [0.15, 0.2) is 6.61 Å². The number of esters is 2. The van der Waals surface area contributed by atoms with Crippen molar-refractivity contribution >= 4 is 11.9 Å². The molecule has 1 aromatic rings. The highest BCUT2D eigenvalue weighted by Crippen LogP contribution is 2.46. The number of hydrogen-bond donors (Lipinski definition) is 0. The molecule has 182 valence electrons. The van der Waals surface area contributed by atoms with Crippen LogP contribution in [0.5, 0.6) is 0 Å². The Labute approximate surface area is 181 Å². The zero-order valence-corrected chi connectivity index (χ0v) is 17.5. The summed E-state index contributed by atoms with van der Waals surface area (Å²) in [6, 6.07) is 4.19. The van der Waals surface area contributed by atoms with E-state index in [0.29, 0.717) is 6.42 Å².